The number of nitrogens with zero attached hydrogens (tertiary/aromatic N) is 3. The van der Waals surface area contributed by atoms with Gasteiger partial charge in [0.1, 0.15) is 5.78 Å². The van der Waals surface area contributed by atoms with E-state index in [1.807, 2.05) is 20.8 Å². The maximum Gasteiger partial charge on any atom is 0.280 e. The van der Waals surface area contributed by atoms with E-state index < -0.39 is 5.56 Å². The number of fused-ring (bicyclic) bond motifs is 1. The molecule has 0 bridgehead atoms. The lowest BCUT2D eigenvalue weighted by atomic mass is 10.1. The second-order valence-corrected chi connectivity index (χ2v) is 7.03. The summed E-state index contributed by atoms with van der Waals surface area (Å²) in [7, 11) is 0. The van der Waals surface area contributed by atoms with Crippen molar-refractivity contribution in [2.45, 2.75) is 53.1 Å². The third kappa shape index (κ3) is 6.86. The molecule has 10 nitrogen and oxygen atoms in total. The molecule has 1 unspecified atom stereocenters. The number of aromatic amines is 1. The van der Waals surface area contributed by atoms with Crippen LogP contribution in [0.25, 0.3) is 11.2 Å². The van der Waals surface area contributed by atoms with E-state index >= 15 is 0 Å². The fourth-order valence-corrected chi connectivity index (χ4v) is 2.79. The fraction of sp³-hybridized carbons (Fsp3) is 0.364. The average molecular weight is 440 g/mol. The monoisotopic (exact) mass is 439 g/mol. The van der Waals surface area contributed by atoms with Crippen molar-refractivity contribution < 1.29 is 9.59 Å². The van der Waals surface area contributed by atoms with Gasteiger partial charge in [-0.25, -0.2) is 9.97 Å². The van der Waals surface area contributed by atoms with E-state index in [1.54, 1.807) is 24.3 Å². The predicted molar refractivity (Wildman–Crippen MR) is 124 cm³/mol. The Morgan fingerprint density at radius 3 is 2.50 bits per heavy atom. The zero-order valence-electron chi connectivity index (χ0n) is 18.7. The van der Waals surface area contributed by atoms with Crippen LogP contribution >= 0.6 is 0 Å². The van der Waals surface area contributed by atoms with Crippen LogP contribution in [0.3, 0.4) is 0 Å². The minimum Gasteiger partial charge on any atom is -0.379 e. The first-order valence-electron chi connectivity index (χ1n) is 10.5. The number of benzene rings is 1. The maximum absolute atomic E-state index is 12.3. The summed E-state index contributed by atoms with van der Waals surface area (Å²) < 4.78 is 0. The number of hydrogen-bond acceptors (Lipinski definition) is 8. The molecule has 0 saturated carbocycles. The van der Waals surface area contributed by atoms with Crippen LogP contribution in [0.15, 0.2) is 35.3 Å². The van der Waals surface area contributed by atoms with Gasteiger partial charge in [-0.05, 0) is 44.5 Å². The summed E-state index contributed by atoms with van der Waals surface area (Å²) >= 11 is 0. The molecule has 170 valence electrons. The van der Waals surface area contributed by atoms with Crippen molar-refractivity contribution in [3.63, 3.8) is 0 Å². The van der Waals surface area contributed by atoms with Crippen LogP contribution in [0.1, 0.15) is 56.6 Å². The van der Waals surface area contributed by atoms with Crippen LogP contribution < -0.4 is 21.9 Å². The number of hydrogen-bond donors (Lipinski definition) is 4. The summed E-state index contributed by atoms with van der Waals surface area (Å²) in [6.07, 6.45) is 2.57. The van der Waals surface area contributed by atoms with E-state index in [-0.39, 0.29) is 34.8 Å². The Morgan fingerprint density at radius 1 is 1.16 bits per heavy atom. The van der Waals surface area contributed by atoms with Gasteiger partial charge in [0, 0.05) is 23.7 Å². The van der Waals surface area contributed by atoms with Gasteiger partial charge >= 0.3 is 0 Å². The van der Waals surface area contributed by atoms with Crippen molar-refractivity contribution >= 4 is 34.5 Å². The fourth-order valence-electron chi connectivity index (χ4n) is 2.79. The molecular formula is C22H29N7O3. The Bertz CT molecular complexity index is 1130. The molecule has 32 heavy (non-hydrogen) atoms. The topological polar surface area (TPSA) is 156 Å². The van der Waals surface area contributed by atoms with E-state index in [4.69, 9.17) is 5.73 Å². The molecule has 0 spiro atoms. The molecule has 10 heteroatoms. The van der Waals surface area contributed by atoms with Gasteiger partial charge < -0.3 is 21.2 Å². The maximum atomic E-state index is 12.3. The van der Waals surface area contributed by atoms with Crippen LogP contribution in [-0.4, -0.2) is 37.7 Å². The molecule has 2 aromatic heterocycles. The minimum absolute atomic E-state index is 0.00922. The van der Waals surface area contributed by atoms with Crippen molar-refractivity contribution in [2.24, 2.45) is 0 Å². The molecule has 2 heterocycles. The molecule has 0 aliphatic carbocycles. The van der Waals surface area contributed by atoms with Crippen LogP contribution in [-0.2, 0) is 11.3 Å². The minimum atomic E-state index is -0.445. The number of carbonyl (C=O) groups excluding carboxylic acids is 2. The van der Waals surface area contributed by atoms with Gasteiger partial charge in [0.15, 0.2) is 11.2 Å². The smallest absolute Gasteiger partial charge is 0.280 e. The van der Waals surface area contributed by atoms with Gasteiger partial charge in [0.05, 0.1) is 18.4 Å². The lowest BCUT2D eigenvalue weighted by molar-refractivity contribution is -0.117. The lowest BCUT2D eigenvalue weighted by Gasteiger charge is -2.13. The summed E-state index contributed by atoms with van der Waals surface area (Å²) in [5.74, 6) is -0.0957. The number of anilines is 2. The summed E-state index contributed by atoms with van der Waals surface area (Å²) in [6, 6.07) is 6.88. The summed E-state index contributed by atoms with van der Waals surface area (Å²) in [6.45, 7) is 7.74. The molecule has 3 aromatic rings. The molecule has 0 aliphatic rings. The molecule has 3 rings (SSSR count). The largest absolute Gasteiger partial charge is 0.379 e. The van der Waals surface area contributed by atoms with Gasteiger partial charge in [-0.1, -0.05) is 13.8 Å². The molecule has 0 aliphatic heterocycles. The molecular weight excluding hydrogens is 410 g/mol. The molecule has 5 N–H and O–H groups in total. The third-order valence-electron chi connectivity index (χ3n) is 4.41. The number of H-pyrrole nitrogens is 1. The molecule has 0 saturated heterocycles. The quantitative estimate of drug-likeness (QED) is 0.417. The Morgan fingerprint density at radius 2 is 1.84 bits per heavy atom. The standard InChI is InChI=1S/C20H23N7O3.C2H6/c1-11(3-4-12(2)28)24-18(29)13-5-7-14(8-6-13)22-9-15-10-23-17-16(25-15)19(30)27-20(21)26-17;1-2/h5-8,10-11,22H,3-4,9H2,1-2H3,(H,24,29)(H3,21,23,26,27,30);1-2H3. The molecule has 1 amide bonds. The van der Waals surface area contributed by atoms with E-state index in [0.29, 0.717) is 30.6 Å². The highest BCUT2D eigenvalue weighted by Crippen LogP contribution is 2.12. The first kappa shape index (κ1) is 24.4. The summed E-state index contributed by atoms with van der Waals surface area (Å²) in [5, 5.41) is 6.05. The number of amides is 1. The van der Waals surface area contributed by atoms with Gasteiger partial charge in [0.2, 0.25) is 5.95 Å². The number of nitrogen functional groups attached to an aromatic ring is 1. The highest BCUT2D eigenvalue weighted by atomic mass is 16.2. The molecule has 1 atom stereocenters. The number of nitrogens with one attached hydrogen (secondary N) is 3. The van der Waals surface area contributed by atoms with Crippen molar-refractivity contribution in [2.75, 3.05) is 11.1 Å². The summed E-state index contributed by atoms with van der Waals surface area (Å²) in [4.78, 5) is 50.0. The SMILES string of the molecule is CC.CC(=O)CCC(C)NC(=O)c1ccc(NCc2cnc3nc(N)[nH]c(=O)c3n2)cc1. The van der Waals surface area contributed by atoms with Crippen LogP contribution in [0.2, 0.25) is 0 Å². The van der Waals surface area contributed by atoms with Gasteiger partial charge in [-0.2, -0.15) is 4.98 Å². The number of rotatable bonds is 8. The highest BCUT2D eigenvalue weighted by molar-refractivity contribution is 5.94. The zero-order valence-corrected chi connectivity index (χ0v) is 18.7. The molecule has 1 aromatic carbocycles. The Hall–Kier alpha value is -3.82. The van der Waals surface area contributed by atoms with Crippen LogP contribution in [0, 0.1) is 0 Å². The first-order valence-corrected chi connectivity index (χ1v) is 10.5. The Labute approximate surface area is 186 Å². The Balaban J connectivity index is 0.00000176. The second kappa shape index (κ2) is 11.5. The lowest BCUT2D eigenvalue weighted by Crippen LogP contribution is -2.32. The van der Waals surface area contributed by atoms with E-state index in [9.17, 15) is 14.4 Å². The zero-order chi connectivity index (χ0) is 23.7. The normalized spacial score (nSPS) is 11.2. The predicted octanol–water partition coefficient (Wildman–Crippen LogP) is 2.42. The highest BCUT2D eigenvalue weighted by Gasteiger charge is 2.11. The van der Waals surface area contributed by atoms with Crippen molar-refractivity contribution in [3.05, 3.63) is 52.1 Å². The molecule has 0 radical (unpaired) electrons. The van der Waals surface area contributed by atoms with Crippen LogP contribution in [0.5, 0.6) is 0 Å². The van der Waals surface area contributed by atoms with E-state index in [2.05, 4.69) is 30.6 Å². The number of Topliss-reactive ketones (excluding diaryl/α,β-unsaturated/α-hetero) is 1. The Kier molecular flexibility index (Phi) is 8.82. The number of nitrogens with two attached hydrogens (primary N) is 1. The first-order chi connectivity index (χ1) is 15.3. The van der Waals surface area contributed by atoms with Crippen LogP contribution in [0.4, 0.5) is 11.6 Å². The van der Waals surface area contributed by atoms with E-state index in [0.717, 1.165) is 5.69 Å². The van der Waals surface area contributed by atoms with Gasteiger partial charge in [0.25, 0.3) is 11.5 Å². The van der Waals surface area contributed by atoms with Crippen molar-refractivity contribution in [1.29, 1.82) is 0 Å². The second-order valence-electron chi connectivity index (χ2n) is 7.03. The summed E-state index contributed by atoms with van der Waals surface area (Å²) in [5.41, 5.74) is 7.22. The van der Waals surface area contributed by atoms with Gasteiger partial charge in [-0.15, -0.1) is 0 Å². The molecule has 0 fully saturated rings. The van der Waals surface area contributed by atoms with Gasteiger partial charge in [-0.3, -0.25) is 14.6 Å². The number of aromatic nitrogens is 4. The number of ketones is 1. The average Bonchev–Trinajstić information content (AvgIpc) is 2.78. The van der Waals surface area contributed by atoms with Crippen molar-refractivity contribution in [1.82, 2.24) is 25.3 Å². The third-order valence-corrected chi connectivity index (χ3v) is 4.41. The van der Waals surface area contributed by atoms with E-state index in [1.165, 1.54) is 13.1 Å². The number of carbonyl (C=O) groups is 2. The van der Waals surface area contributed by atoms with Crippen molar-refractivity contribution in [3.8, 4) is 0 Å².